The quantitative estimate of drug-likeness (QED) is 0.520. The molecule has 112 valence electrons. The van der Waals surface area contributed by atoms with E-state index in [0.717, 1.165) is 12.5 Å². The maximum atomic E-state index is 11.4. The summed E-state index contributed by atoms with van der Waals surface area (Å²) in [6.07, 6.45) is 10.9. The molecule has 1 aliphatic rings. The van der Waals surface area contributed by atoms with Crippen molar-refractivity contribution < 1.29 is 9.90 Å². The molecule has 0 spiro atoms. The van der Waals surface area contributed by atoms with Gasteiger partial charge in [0.25, 0.3) is 0 Å². The van der Waals surface area contributed by atoms with Gasteiger partial charge in [-0.2, -0.15) is 0 Å². The highest BCUT2D eigenvalue weighted by Crippen LogP contribution is 2.27. The molecule has 2 N–H and O–H groups in total. The molecule has 0 aromatic rings. The summed E-state index contributed by atoms with van der Waals surface area (Å²) in [5, 5.41) is 12.8. The van der Waals surface area contributed by atoms with Gasteiger partial charge in [-0.1, -0.05) is 52.4 Å². The van der Waals surface area contributed by atoms with E-state index in [-0.39, 0.29) is 0 Å². The number of carboxylic acid groups (broad SMARTS) is 1. The van der Waals surface area contributed by atoms with E-state index in [0.29, 0.717) is 19.4 Å². The number of nitrogens with one attached hydrogen (secondary N) is 1. The van der Waals surface area contributed by atoms with Gasteiger partial charge >= 0.3 is 5.97 Å². The Hall–Kier alpha value is -0.570. The summed E-state index contributed by atoms with van der Waals surface area (Å²) in [6, 6.07) is 0. The Kier molecular flexibility index (Phi) is 7.44. The van der Waals surface area contributed by atoms with Crippen molar-refractivity contribution >= 4 is 5.97 Å². The molecule has 0 aromatic carbocycles. The lowest BCUT2D eigenvalue weighted by Crippen LogP contribution is -2.40. The second-order valence-corrected chi connectivity index (χ2v) is 6.12. The van der Waals surface area contributed by atoms with Crippen LogP contribution in [0.2, 0.25) is 0 Å². The zero-order valence-corrected chi connectivity index (χ0v) is 12.7. The summed E-state index contributed by atoms with van der Waals surface area (Å²) in [6.45, 7) is 5.54. The lowest BCUT2D eigenvalue weighted by atomic mass is 9.82. The molecule has 0 atom stereocenters. The fourth-order valence-electron chi connectivity index (χ4n) is 3.16. The van der Waals surface area contributed by atoms with Crippen LogP contribution in [0.3, 0.4) is 0 Å². The van der Waals surface area contributed by atoms with Crippen molar-refractivity contribution in [3.05, 3.63) is 0 Å². The normalized spacial score (nSPS) is 18.2. The third kappa shape index (κ3) is 5.13. The van der Waals surface area contributed by atoms with Crippen LogP contribution in [0.4, 0.5) is 0 Å². The van der Waals surface area contributed by atoms with Gasteiger partial charge < -0.3 is 10.4 Å². The molecular weight excluding hydrogens is 238 g/mol. The fraction of sp³-hybridized carbons (Fsp3) is 0.938. The van der Waals surface area contributed by atoms with Gasteiger partial charge in [-0.15, -0.1) is 0 Å². The van der Waals surface area contributed by atoms with Gasteiger partial charge in [0.15, 0.2) is 0 Å². The molecule has 0 aliphatic heterocycles. The van der Waals surface area contributed by atoms with Gasteiger partial charge in [0, 0.05) is 6.54 Å². The third-order valence-corrected chi connectivity index (χ3v) is 4.97. The lowest BCUT2D eigenvalue weighted by Gasteiger charge is -2.27. The molecule has 3 heteroatoms. The minimum Gasteiger partial charge on any atom is -0.481 e. The summed E-state index contributed by atoms with van der Waals surface area (Å²) in [7, 11) is 0. The molecule has 0 amide bonds. The number of aliphatic carboxylic acids is 1. The first-order valence-corrected chi connectivity index (χ1v) is 8.08. The van der Waals surface area contributed by atoms with E-state index >= 15 is 0 Å². The van der Waals surface area contributed by atoms with E-state index in [4.69, 9.17) is 0 Å². The second kappa shape index (κ2) is 8.57. The smallest absolute Gasteiger partial charge is 0.310 e. The first kappa shape index (κ1) is 16.5. The summed E-state index contributed by atoms with van der Waals surface area (Å²) in [5.41, 5.74) is -0.566. The minimum absolute atomic E-state index is 0.566. The molecule has 1 aliphatic carbocycles. The van der Waals surface area contributed by atoms with E-state index in [1.807, 2.05) is 13.8 Å². The predicted molar refractivity (Wildman–Crippen MR) is 79.3 cm³/mol. The van der Waals surface area contributed by atoms with Crippen LogP contribution in [-0.4, -0.2) is 24.2 Å². The summed E-state index contributed by atoms with van der Waals surface area (Å²) in [4.78, 5) is 11.4. The van der Waals surface area contributed by atoms with Crippen LogP contribution in [0.25, 0.3) is 0 Å². The summed E-state index contributed by atoms with van der Waals surface area (Å²) >= 11 is 0. The number of rotatable bonds is 8. The average molecular weight is 269 g/mol. The number of hydrogen-bond donors (Lipinski definition) is 2. The van der Waals surface area contributed by atoms with E-state index in [2.05, 4.69) is 5.32 Å². The fourth-order valence-corrected chi connectivity index (χ4v) is 3.16. The molecule has 0 aromatic heterocycles. The van der Waals surface area contributed by atoms with E-state index in [1.165, 1.54) is 44.9 Å². The predicted octanol–water partition coefficient (Wildman–Crippen LogP) is 3.83. The van der Waals surface area contributed by atoms with Crippen LogP contribution < -0.4 is 5.32 Å². The molecule has 0 saturated heterocycles. The molecule has 0 heterocycles. The van der Waals surface area contributed by atoms with Gasteiger partial charge in [-0.05, 0) is 31.7 Å². The molecule has 0 radical (unpaired) electrons. The second-order valence-electron chi connectivity index (χ2n) is 6.12. The van der Waals surface area contributed by atoms with Crippen LogP contribution in [-0.2, 0) is 4.79 Å². The van der Waals surface area contributed by atoms with Crippen molar-refractivity contribution in [3.8, 4) is 0 Å². The Bertz CT molecular complexity index is 253. The Labute approximate surface area is 118 Å². The van der Waals surface area contributed by atoms with Crippen LogP contribution in [0.1, 0.15) is 71.6 Å². The third-order valence-electron chi connectivity index (χ3n) is 4.97. The van der Waals surface area contributed by atoms with Gasteiger partial charge in [-0.3, -0.25) is 4.79 Å². The molecular formula is C16H31NO2. The molecule has 1 fully saturated rings. The zero-order chi connectivity index (χ0) is 14.1. The molecule has 0 unspecified atom stereocenters. The van der Waals surface area contributed by atoms with Crippen LogP contribution >= 0.6 is 0 Å². The highest BCUT2D eigenvalue weighted by molar-refractivity contribution is 5.74. The lowest BCUT2D eigenvalue weighted by molar-refractivity contribution is -0.149. The van der Waals surface area contributed by atoms with Crippen LogP contribution in [0.15, 0.2) is 0 Å². The van der Waals surface area contributed by atoms with E-state index in [9.17, 15) is 9.90 Å². The van der Waals surface area contributed by atoms with Crippen LogP contribution in [0.5, 0.6) is 0 Å². The van der Waals surface area contributed by atoms with Crippen molar-refractivity contribution in [1.29, 1.82) is 0 Å². The van der Waals surface area contributed by atoms with Crippen molar-refractivity contribution in [3.63, 3.8) is 0 Å². The van der Waals surface area contributed by atoms with E-state index in [1.54, 1.807) is 0 Å². The Morgan fingerprint density at radius 3 is 2.21 bits per heavy atom. The first-order chi connectivity index (χ1) is 9.14. The topological polar surface area (TPSA) is 49.3 Å². The van der Waals surface area contributed by atoms with Crippen molar-refractivity contribution in [2.24, 2.45) is 11.3 Å². The maximum Gasteiger partial charge on any atom is 0.310 e. The molecule has 0 bridgehead atoms. The molecule has 3 nitrogen and oxygen atoms in total. The Morgan fingerprint density at radius 2 is 1.74 bits per heavy atom. The highest BCUT2D eigenvalue weighted by Gasteiger charge is 2.34. The summed E-state index contributed by atoms with van der Waals surface area (Å²) < 4.78 is 0. The zero-order valence-electron chi connectivity index (χ0n) is 12.7. The molecule has 1 rings (SSSR count). The Morgan fingerprint density at radius 1 is 1.16 bits per heavy atom. The largest absolute Gasteiger partial charge is 0.481 e. The molecule has 1 saturated carbocycles. The Balaban J connectivity index is 2.26. The number of carbonyl (C=O) groups is 1. The van der Waals surface area contributed by atoms with Crippen molar-refractivity contribution in [1.82, 2.24) is 5.32 Å². The number of carboxylic acids is 1. The SMILES string of the molecule is CCC(CC)(CNCCC1CCCCCC1)C(=O)O. The maximum absolute atomic E-state index is 11.4. The first-order valence-electron chi connectivity index (χ1n) is 8.08. The summed E-state index contributed by atoms with van der Waals surface area (Å²) in [5.74, 6) is 0.206. The van der Waals surface area contributed by atoms with Crippen LogP contribution in [0, 0.1) is 11.3 Å². The average Bonchev–Trinajstić information content (AvgIpc) is 2.68. The van der Waals surface area contributed by atoms with E-state index < -0.39 is 11.4 Å². The van der Waals surface area contributed by atoms with Crippen molar-refractivity contribution in [2.75, 3.05) is 13.1 Å². The van der Waals surface area contributed by atoms with Gasteiger partial charge in [-0.25, -0.2) is 0 Å². The van der Waals surface area contributed by atoms with Crippen molar-refractivity contribution in [2.45, 2.75) is 71.6 Å². The monoisotopic (exact) mass is 269 g/mol. The molecule has 19 heavy (non-hydrogen) atoms. The van der Waals surface area contributed by atoms with Gasteiger partial charge in [0.2, 0.25) is 0 Å². The number of hydrogen-bond acceptors (Lipinski definition) is 2. The van der Waals surface area contributed by atoms with Gasteiger partial charge in [0.1, 0.15) is 0 Å². The minimum atomic E-state index is -0.653. The van der Waals surface area contributed by atoms with Gasteiger partial charge in [0.05, 0.1) is 5.41 Å². The standard InChI is InChI=1S/C16H31NO2/c1-3-16(4-2,15(18)19)13-17-12-11-14-9-7-5-6-8-10-14/h14,17H,3-13H2,1-2H3,(H,18,19). The highest BCUT2D eigenvalue weighted by atomic mass is 16.4.